The second-order valence-corrected chi connectivity index (χ2v) is 12.0. The highest BCUT2D eigenvalue weighted by Crippen LogP contribution is 2.26. The first kappa shape index (κ1) is 34.0. The van der Waals surface area contributed by atoms with Crippen LogP contribution in [-0.4, -0.2) is 65.5 Å². The summed E-state index contributed by atoms with van der Waals surface area (Å²) in [6.07, 6.45) is 0.564. The number of nitrogens with one attached hydrogen (secondary N) is 3. The number of likely N-dealkylation sites (tertiary alicyclic amines) is 1. The van der Waals surface area contributed by atoms with Crippen molar-refractivity contribution in [3.63, 3.8) is 0 Å². The van der Waals surface area contributed by atoms with Crippen molar-refractivity contribution in [3.05, 3.63) is 83.7 Å². The molecule has 3 aromatic carbocycles. The molecule has 232 valence electrons. The average Bonchev–Trinajstić information content (AvgIpc) is 3.45. The molecule has 0 bridgehead atoms. The topological polar surface area (TPSA) is 111 Å². The third-order valence-corrected chi connectivity index (χ3v) is 7.51. The van der Waals surface area contributed by atoms with Crippen LogP contribution in [0.4, 0.5) is 4.39 Å². The first-order valence-electron chi connectivity index (χ1n) is 14.5. The van der Waals surface area contributed by atoms with E-state index in [0.29, 0.717) is 24.9 Å². The zero-order valence-corrected chi connectivity index (χ0v) is 25.8. The summed E-state index contributed by atoms with van der Waals surface area (Å²) in [5, 5.41) is 21.2. The van der Waals surface area contributed by atoms with Crippen molar-refractivity contribution in [2.45, 2.75) is 64.8 Å². The van der Waals surface area contributed by atoms with Gasteiger partial charge < -0.3 is 26.0 Å². The molecule has 0 saturated carbocycles. The number of hydrogen-bond donors (Lipinski definition) is 4. The van der Waals surface area contributed by atoms with E-state index in [0.717, 1.165) is 16.3 Å². The zero-order valence-electron chi connectivity index (χ0n) is 24.9. The SMILES string of the molecule is CC(C)(C)C(=O)N1CCC[C@H]1C(=O)N[C@H](Cc1ccc2ccccc2c1)C(=O)NCC(O)CNCc1ccccc1F.Cl. The molecule has 3 atom stereocenters. The zero-order chi connectivity index (χ0) is 30.3. The van der Waals surface area contributed by atoms with Crippen LogP contribution in [-0.2, 0) is 27.3 Å². The summed E-state index contributed by atoms with van der Waals surface area (Å²) >= 11 is 0. The molecular formula is C33H42ClFN4O4. The van der Waals surface area contributed by atoms with Gasteiger partial charge in [0.2, 0.25) is 17.7 Å². The van der Waals surface area contributed by atoms with Crippen LogP contribution in [0, 0.1) is 11.2 Å². The van der Waals surface area contributed by atoms with Crippen LogP contribution >= 0.6 is 12.4 Å². The van der Waals surface area contributed by atoms with E-state index in [9.17, 15) is 23.9 Å². The molecule has 1 saturated heterocycles. The van der Waals surface area contributed by atoms with Gasteiger partial charge in [-0.3, -0.25) is 14.4 Å². The first-order valence-corrected chi connectivity index (χ1v) is 14.5. The van der Waals surface area contributed by atoms with E-state index < -0.39 is 29.5 Å². The molecule has 8 nitrogen and oxygen atoms in total. The minimum atomic E-state index is -0.924. The summed E-state index contributed by atoms with van der Waals surface area (Å²) in [6, 6.07) is 18.6. The molecule has 3 aromatic rings. The second kappa shape index (κ2) is 15.3. The Bertz CT molecular complexity index is 1410. The highest BCUT2D eigenvalue weighted by atomic mass is 35.5. The fourth-order valence-corrected chi connectivity index (χ4v) is 5.22. The Kier molecular flexibility index (Phi) is 12.1. The standard InChI is InChI=1S/C33H41FN4O4.ClH/c1-33(2,3)32(42)38-16-8-13-29(38)31(41)37-28(18-22-14-15-23-9-4-5-10-24(23)17-22)30(40)36-21-26(39)20-35-19-25-11-6-7-12-27(25)34;/h4-7,9-12,14-15,17,26,28-29,35,39H,8,13,16,18-21H2,1-3H3,(H,36,40)(H,37,41);1H/t26?,28-,29+;/m1./s1. The van der Waals surface area contributed by atoms with Crippen LogP contribution in [0.25, 0.3) is 10.8 Å². The summed E-state index contributed by atoms with van der Waals surface area (Å²) < 4.78 is 13.8. The van der Waals surface area contributed by atoms with Crippen LogP contribution in [0.2, 0.25) is 0 Å². The molecule has 1 fully saturated rings. The molecule has 0 aromatic heterocycles. The Hall–Kier alpha value is -3.53. The van der Waals surface area contributed by atoms with Gasteiger partial charge in [0.1, 0.15) is 17.9 Å². The average molecular weight is 613 g/mol. The van der Waals surface area contributed by atoms with Crippen LogP contribution in [0.5, 0.6) is 0 Å². The fourth-order valence-electron chi connectivity index (χ4n) is 5.22. The maximum absolute atomic E-state index is 13.8. The summed E-state index contributed by atoms with van der Waals surface area (Å²) in [5.74, 6) is -1.22. The van der Waals surface area contributed by atoms with E-state index in [1.54, 1.807) is 23.1 Å². The third kappa shape index (κ3) is 9.23. The largest absolute Gasteiger partial charge is 0.390 e. The summed E-state index contributed by atoms with van der Waals surface area (Å²) in [6.45, 7) is 6.32. The molecule has 1 aliphatic heterocycles. The molecule has 1 heterocycles. The smallest absolute Gasteiger partial charge is 0.243 e. The molecule has 43 heavy (non-hydrogen) atoms. The Balaban J connectivity index is 0.00000506. The minimum Gasteiger partial charge on any atom is -0.390 e. The van der Waals surface area contributed by atoms with Gasteiger partial charge in [0, 0.05) is 43.6 Å². The predicted octanol–water partition coefficient (Wildman–Crippen LogP) is 3.73. The van der Waals surface area contributed by atoms with Crippen molar-refractivity contribution in [1.82, 2.24) is 20.9 Å². The Morgan fingerprint density at radius 1 is 1.00 bits per heavy atom. The van der Waals surface area contributed by atoms with Gasteiger partial charge in [-0.2, -0.15) is 0 Å². The van der Waals surface area contributed by atoms with Crippen molar-refractivity contribution in [3.8, 4) is 0 Å². The minimum absolute atomic E-state index is 0. The van der Waals surface area contributed by atoms with Crippen molar-refractivity contribution in [2.24, 2.45) is 5.41 Å². The number of amides is 3. The molecule has 3 amide bonds. The normalized spacial score (nSPS) is 16.3. The second-order valence-electron chi connectivity index (χ2n) is 12.0. The molecule has 0 radical (unpaired) electrons. The summed E-state index contributed by atoms with van der Waals surface area (Å²) in [4.78, 5) is 41.5. The van der Waals surface area contributed by atoms with Crippen molar-refractivity contribution in [1.29, 1.82) is 0 Å². The van der Waals surface area contributed by atoms with E-state index >= 15 is 0 Å². The first-order chi connectivity index (χ1) is 20.0. The van der Waals surface area contributed by atoms with Gasteiger partial charge in [0.25, 0.3) is 0 Å². The van der Waals surface area contributed by atoms with Gasteiger partial charge in [-0.1, -0.05) is 81.4 Å². The maximum Gasteiger partial charge on any atom is 0.243 e. The Morgan fingerprint density at radius 3 is 2.42 bits per heavy atom. The molecule has 0 aliphatic carbocycles. The lowest BCUT2D eigenvalue weighted by molar-refractivity contribution is -0.145. The molecule has 10 heteroatoms. The van der Waals surface area contributed by atoms with E-state index in [1.165, 1.54) is 6.07 Å². The highest BCUT2D eigenvalue weighted by molar-refractivity contribution is 5.93. The number of fused-ring (bicyclic) bond motifs is 1. The van der Waals surface area contributed by atoms with E-state index in [4.69, 9.17) is 0 Å². The number of hydrogen-bond acceptors (Lipinski definition) is 5. The fraction of sp³-hybridized carbons (Fsp3) is 0.424. The van der Waals surface area contributed by atoms with Crippen LogP contribution in [0.3, 0.4) is 0 Å². The van der Waals surface area contributed by atoms with E-state index in [2.05, 4.69) is 16.0 Å². The number of carbonyl (C=O) groups excluding carboxylic acids is 3. The molecule has 1 unspecified atom stereocenters. The quantitative estimate of drug-likeness (QED) is 0.264. The maximum atomic E-state index is 13.8. The number of aliphatic hydroxyl groups excluding tert-OH is 1. The molecule has 4 rings (SSSR count). The van der Waals surface area contributed by atoms with Crippen molar-refractivity contribution >= 4 is 40.9 Å². The van der Waals surface area contributed by atoms with Gasteiger partial charge in [0.15, 0.2) is 0 Å². The summed E-state index contributed by atoms with van der Waals surface area (Å²) in [7, 11) is 0. The number of nitrogens with zero attached hydrogens (tertiary/aromatic N) is 1. The van der Waals surface area contributed by atoms with Crippen LogP contribution in [0.15, 0.2) is 66.7 Å². The van der Waals surface area contributed by atoms with E-state index in [-0.39, 0.29) is 56.1 Å². The number of benzene rings is 3. The predicted molar refractivity (Wildman–Crippen MR) is 168 cm³/mol. The molecule has 0 spiro atoms. The number of rotatable bonds is 11. The van der Waals surface area contributed by atoms with Crippen LogP contribution < -0.4 is 16.0 Å². The Morgan fingerprint density at radius 2 is 1.70 bits per heavy atom. The lowest BCUT2D eigenvalue weighted by Crippen LogP contribution is -2.55. The van der Waals surface area contributed by atoms with Gasteiger partial charge >= 0.3 is 0 Å². The third-order valence-electron chi connectivity index (χ3n) is 7.51. The molecule has 4 N–H and O–H groups in total. The highest BCUT2D eigenvalue weighted by Gasteiger charge is 2.39. The van der Waals surface area contributed by atoms with Crippen molar-refractivity contribution in [2.75, 3.05) is 19.6 Å². The van der Waals surface area contributed by atoms with Gasteiger partial charge in [-0.25, -0.2) is 4.39 Å². The number of aliphatic hydroxyl groups is 1. The summed E-state index contributed by atoms with van der Waals surface area (Å²) in [5.41, 5.74) is 0.731. The molecule has 1 aliphatic rings. The lowest BCUT2D eigenvalue weighted by Gasteiger charge is -2.31. The van der Waals surface area contributed by atoms with Crippen LogP contribution in [0.1, 0.15) is 44.7 Å². The molecular weight excluding hydrogens is 571 g/mol. The van der Waals surface area contributed by atoms with Gasteiger partial charge in [-0.05, 0) is 35.2 Å². The van der Waals surface area contributed by atoms with Gasteiger partial charge in [0.05, 0.1) is 6.10 Å². The number of halogens is 2. The monoisotopic (exact) mass is 612 g/mol. The Labute approximate surface area is 258 Å². The number of carbonyl (C=O) groups is 3. The van der Waals surface area contributed by atoms with E-state index in [1.807, 2.05) is 63.2 Å². The lowest BCUT2D eigenvalue weighted by atomic mass is 9.94. The van der Waals surface area contributed by atoms with Crippen molar-refractivity contribution < 1.29 is 23.9 Å². The van der Waals surface area contributed by atoms with Gasteiger partial charge in [-0.15, -0.1) is 12.4 Å².